The van der Waals surface area contributed by atoms with Gasteiger partial charge in [0.2, 0.25) is 0 Å². The summed E-state index contributed by atoms with van der Waals surface area (Å²) in [6.45, 7) is 5.85. The summed E-state index contributed by atoms with van der Waals surface area (Å²) >= 11 is 17.8. The van der Waals surface area contributed by atoms with Crippen molar-refractivity contribution in [3.8, 4) is 0 Å². The normalized spacial score (nSPS) is 14.7. The van der Waals surface area contributed by atoms with Gasteiger partial charge in [-0.2, -0.15) is 0 Å². The molecule has 0 saturated heterocycles. The maximum Gasteiger partial charge on any atom is 0.0453 e. The van der Waals surface area contributed by atoms with Crippen molar-refractivity contribution < 1.29 is 0 Å². The zero-order valence-electron chi connectivity index (χ0n) is 8.56. The molecule has 0 saturated carbocycles. The molecule has 0 heterocycles. The van der Waals surface area contributed by atoms with Crippen LogP contribution in [-0.2, 0) is 6.42 Å². The van der Waals surface area contributed by atoms with Crippen LogP contribution in [0.1, 0.15) is 12.5 Å². The maximum atomic E-state index is 6.09. The second-order valence-electron chi connectivity index (χ2n) is 3.90. The largest absolute Gasteiger partial charge is 0.126 e. The fourth-order valence-corrected chi connectivity index (χ4v) is 1.95. The Morgan fingerprint density at radius 2 is 2.07 bits per heavy atom. The lowest BCUT2D eigenvalue weighted by molar-refractivity contribution is 0.486. The molecular weight excluding hydrogens is 250 g/mol. The molecule has 0 amide bonds. The van der Waals surface area contributed by atoms with Gasteiger partial charge in [0.25, 0.3) is 0 Å². The van der Waals surface area contributed by atoms with E-state index in [0.717, 1.165) is 12.0 Å². The third kappa shape index (κ3) is 3.41. The van der Waals surface area contributed by atoms with Crippen LogP contribution in [0.3, 0.4) is 0 Å². The van der Waals surface area contributed by atoms with Gasteiger partial charge >= 0.3 is 0 Å². The van der Waals surface area contributed by atoms with Gasteiger partial charge in [0, 0.05) is 21.3 Å². The van der Waals surface area contributed by atoms with Crippen LogP contribution in [0.5, 0.6) is 0 Å². The average molecular weight is 264 g/mol. The molecule has 0 fully saturated rings. The summed E-state index contributed by atoms with van der Waals surface area (Å²) in [4.78, 5) is 0. The number of hydrogen-bond donors (Lipinski definition) is 0. The predicted molar refractivity (Wildman–Crippen MR) is 69.2 cm³/mol. The van der Waals surface area contributed by atoms with Crippen LogP contribution >= 0.6 is 34.8 Å². The number of hydrogen-bond acceptors (Lipinski definition) is 0. The Labute approximate surface area is 106 Å². The smallest absolute Gasteiger partial charge is 0.0453 e. The summed E-state index contributed by atoms with van der Waals surface area (Å²) in [5, 5.41) is 1.33. The van der Waals surface area contributed by atoms with Gasteiger partial charge in [-0.15, -0.1) is 18.2 Å². The molecule has 0 aromatic heterocycles. The van der Waals surface area contributed by atoms with Crippen molar-refractivity contribution in [1.29, 1.82) is 0 Å². The molecule has 1 rings (SSSR count). The highest BCUT2D eigenvalue weighted by Crippen LogP contribution is 2.30. The lowest BCUT2D eigenvalue weighted by atomic mass is 9.86. The molecule has 0 spiro atoms. The van der Waals surface area contributed by atoms with Crippen molar-refractivity contribution in [1.82, 2.24) is 0 Å². The molecule has 1 aromatic rings. The van der Waals surface area contributed by atoms with E-state index in [4.69, 9.17) is 34.8 Å². The van der Waals surface area contributed by atoms with Gasteiger partial charge in [-0.1, -0.05) is 42.3 Å². The Balaban J connectivity index is 2.94. The summed E-state index contributed by atoms with van der Waals surface area (Å²) in [6, 6.07) is 5.51. The summed E-state index contributed by atoms with van der Waals surface area (Å²) in [5.74, 6) is 0.523. The van der Waals surface area contributed by atoms with Gasteiger partial charge in [0.15, 0.2) is 0 Å². The second kappa shape index (κ2) is 5.25. The van der Waals surface area contributed by atoms with Crippen molar-refractivity contribution in [3.05, 3.63) is 46.5 Å². The molecule has 1 unspecified atom stereocenters. The molecule has 1 aromatic carbocycles. The van der Waals surface area contributed by atoms with Crippen LogP contribution in [0.4, 0.5) is 0 Å². The quantitative estimate of drug-likeness (QED) is 0.532. The number of benzene rings is 1. The molecule has 0 bridgehead atoms. The van der Waals surface area contributed by atoms with Crippen LogP contribution in [0.25, 0.3) is 0 Å². The minimum absolute atomic E-state index is 0.126. The minimum Gasteiger partial charge on any atom is -0.126 e. The monoisotopic (exact) mass is 262 g/mol. The molecule has 0 aliphatic rings. The Morgan fingerprint density at radius 3 is 2.53 bits per heavy atom. The number of rotatable bonds is 4. The fraction of sp³-hybridized carbons (Fsp3) is 0.333. The zero-order valence-corrected chi connectivity index (χ0v) is 10.8. The zero-order chi connectivity index (χ0) is 11.5. The standard InChI is InChI=1S/C12H13Cl3/c1-3-12(2,8-13)7-9-4-5-10(14)6-11(9)15/h3-6H,1,7-8H2,2H3. The minimum atomic E-state index is -0.126. The molecule has 0 aliphatic carbocycles. The molecule has 1 atom stereocenters. The van der Waals surface area contributed by atoms with Gasteiger partial charge in [0.05, 0.1) is 0 Å². The Morgan fingerprint density at radius 1 is 1.40 bits per heavy atom. The first-order valence-corrected chi connectivity index (χ1v) is 5.93. The Hall–Kier alpha value is -0.170. The first kappa shape index (κ1) is 12.9. The van der Waals surface area contributed by atoms with Gasteiger partial charge in [-0.25, -0.2) is 0 Å². The highest BCUT2D eigenvalue weighted by atomic mass is 35.5. The van der Waals surface area contributed by atoms with Crippen LogP contribution < -0.4 is 0 Å². The first-order valence-electron chi connectivity index (χ1n) is 4.64. The van der Waals surface area contributed by atoms with E-state index in [9.17, 15) is 0 Å². The molecule has 3 heteroatoms. The maximum absolute atomic E-state index is 6.09. The van der Waals surface area contributed by atoms with E-state index in [2.05, 4.69) is 13.5 Å². The lowest BCUT2D eigenvalue weighted by Crippen LogP contribution is -2.18. The van der Waals surface area contributed by atoms with Crippen molar-refractivity contribution in [3.63, 3.8) is 0 Å². The average Bonchev–Trinajstić information content (AvgIpc) is 2.22. The van der Waals surface area contributed by atoms with Crippen LogP contribution in [-0.4, -0.2) is 5.88 Å². The van der Waals surface area contributed by atoms with Gasteiger partial charge < -0.3 is 0 Å². The number of alkyl halides is 1. The van der Waals surface area contributed by atoms with Gasteiger partial charge in [-0.05, 0) is 24.1 Å². The molecule has 0 nitrogen and oxygen atoms in total. The molecular formula is C12H13Cl3. The second-order valence-corrected chi connectivity index (χ2v) is 5.02. The van der Waals surface area contributed by atoms with Crippen LogP contribution in [0, 0.1) is 5.41 Å². The van der Waals surface area contributed by atoms with E-state index in [1.165, 1.54) is 0 Å². The molecule has 0 radical (unpaired) electrons. The summed E-state index contributed by atoms with van der Waals surface area (Å²) in [7, 11) is 0. The van der Waals surface area contributed by atoms with Crippen molar-refractivity contribution >= 4 is 34.8 Å². The first-order chi connectivity index (χ1) is 7.00. The third-order valence-electron chi connectivity index (χ3n) is 2.41. The summed E-state index contributed by atoms with van der Waals surface area (Å²) in [5.41, 5.74) is 0.920. The summed E-state index contributed by atoms with van der Waals surface area (Å²) in [6.07, 6.45) is 2.64. The Kier molecular flexibility index (Phi) is 4.51. The highest BCUT2D eigenvalue weighted by molar-refractivity contribution is 6.35. The molecule has 0 aliphatic heterocycles. The van der Waals surface area contributed by atoms with Crippen LogP contribution in [0.2, 0.25) is 10.0 Å². The molecule has 15 heavy (non-hydrogen) atoms. The van der Waals surface area contributed by atoms with Crippen molar-refractivity contribution in [2.45, 2.75) is 13.3 Å². The third-order valence-corrected chi connectivity index (χ3v) is 3.60. The van der Waals surface area contributed by atoms with Crippen molar-refractivity contribution in [2.24, 2.45) is 5.41 Å². The van der Waals surface area contributed by atoms with Crippen molar-refractivity contribution in [2.75, 3.05) is 5.88 Å². The number of allylic oxidation sites excluding steroid dienone is 1. The molecule has 82 valence electrons. The van der Waals surface area contributed by atoms with E-state index in [1.54, 1.807) is 6.07 Å². The summed E-state index contributed by atoms with van der Waals surface area (Å²) < 4.78 is 0. The highest BCUT2D eigenvalue weighted by Gasteiger charge is 2.20. The Bertz CT molecular complexity index is 360. The van der Waals surface area contributed by atoms with E-state index in [-0.39, 0.29) is 5.41 Å². The van der Waals surface area contributed by atoms with E-state index < -0.39 is 0 Å². The van der Waals surface area contributed by atoms with E-state index in [1.807, 2.05) is 18.2 Å². The predicted octanol–water partition coefficient (Wildman–Crippen LogP) is 4.97. The topological polar surface area (TPSA) is 0 Å². The fourth-order valence-electron chi connectivity index (χ4n) is 1.27. The van der Waals surface area contributed by atoms with Gasteiger partial charge in [0.1, 0.15) is 0 Å². The lowest BCUT2D eigenvalue weighted by Gasteiger charge is -2.23. The SMILES string of the molecule is C=CC(C)(CCl)Cc1ccc(Cl)cc1Cl. The van der Waals surface area contributed by atoms with E-state index >= 15 is 0 Å². The molecule has 0 N–H and O–H groups in total. The van der Waals surface area contributed by atoms with Gasteiger partial charge in [-0.3, -0.25) is 0 Å². The van der Waals surface area contributed by atoms with E-state index in [0.29, 0.717) is 15.9 Å². The number of halogens is 3. The van der Waals surface area contributed by atoms with Crippen LogP contribution in [0.15, 0.2) is 30.9 Å².